The Balaban J connectivity index is 1.55. The van der Waals surface area contributed by atoms with Gasteiger partial charge in [0.2, 0.25) is 0 Å². The zero-order chi connectivity index (χ0) is 21.8. The summed E-state index contributed by atoms with van der Waals surface area (Å²) in [7, 11) is 0. The van der Waals surface area contributed by atoms with Crippen LogP contribution >= 0.6 is 0 Å². The van der Waals surface area contributed by atoms with Crippen LogP contribution < -0.4 is 0 Å². The Bertz CT molecular complexity index is 1110. The van der Waals surface area contributed by atoms with E-state index >= 15 is 0 Å². The molecule has 0 bridgehead atoms. The summed E-state index contributed by atoms with van der Waals surface area (Å²) in [5, 5.41) is 10.0. The van der Waals surface area contributed by atoms with Crippen LogP contribution in [0.2, 0.25) is 0 Å². The molecule has 156 valence electrons. The number of carbonyl (C=O) groups is 1. The molecule has 4 rings (SSSR count). The fourth-order valence-corrected chi connectivity index (χ4v) is 4.31. The number of nitrogens with zero attached hydrogens (tertiary/aromatic N) is 4. The van der Waals surface area contributed by atoms with Crippen molar-refractivity contribution >= 4 is 5.91 Å². The lowest BCUT2D eigenvalue weighted by Gasteiger charge is -2.42. The topological polar surface area (TPSA) is 69.9 Å². The van der Waals surface area contributed by atoms with Crippen LogP contribution in [0, 0.1) is 28.5 Å². The van der Waals surface area contributed by atoms with Crippen LogP contribution in [0.25, 0.3) is 11.3 Å². The van der Waals surface area contributed by atoms with Gasteiger partial charge in [0, 0.05) is 30.4 Å². The molecule has 0 aliphatic carbocycles. The van der Waals surface area contributed by atoms with E-state index in [0.29, 0.717) is 37.2 Å². The molecule has 1 aliphatic heterocycles. The largest absolute Gasteiger partial charge is 0.338 e. The van der Waals surface area contributed by atoms with Gasteiger partial charge >= 0.3 is 0 Å². The van der Waals surface area contributed by atoms with Crippen LogP contribution in [-0.4, -0.2) is 33.9 Å². The molecule has 2 atom stereocenters. The van der Waals surface area contributed by atoms with E-state index in [2.05, 4.69) is 16.0 Å². The molecule has 0 radical (unpaired) electrons. The number of halogens is 1. The van der Waals surface area contributed by atoms with Gasteiger partial charge in [0.25, 0.3) is 5.91 Å². The van der Waals surface area contributed by atoms with Crippen molar-refractivity contribution in [2.24, 2.45) is 11.3 Å². The van der Waals surface area contributed by atoms with Gasteiger partial charge in [0.15, 0.2) is 0 Å². The molecular weight excluding hydrogens is 391 g/mol. The van der Waals surface area contributed by atoms with Gasteiger partial charge in [0.05, 0.1) is 17.2 Å². The average molecular weight is 414 g/mol. The number of rotatable bonds is 4. The third-order valence-electron chi connectivity index (χ3n) is 6.22. The minimum absolute atomic E-state index is 0.0218. The first-order chi connectivity index (χ1) is 15.0. The average Bonchev–Trinajstić information content (AvgIpc) is 2.82. The highest BCUT2D eigenvalue weighted by Crippen LogP contribution is 2.40. The Morgan fingerprint density at radius 2 is 2.00 bits per heavy atom. The maximum absolute atomic E-state index is 13.4. The minimum atomic E-state index is -0.583. The number of carbonyl (C=O) groups excluding carboxylic acids is 1. The summed E-state index contributed by atoms with van der Waals surface area (Å²) in [4.78, 5) is 23.5. The summed E-state index contributed by atoms with van der Waals surface area (Å²) < 4.78 is 13.3. The molecule has 6 heteroatoms. The predicted octanol–water partition coefficient (Wildman–Crippen LogP) is 4.52. The molecule has 3 aromatic rings. The first-order valence-electron chi connectivity index (χ1n) is 10.3. The second kappa shape index (κ2) is 8.65. The molecule has 0 saturated carbocycles. The van der Waals surface area contributed by atoms with E-state index in [0.717, 1.165) is 11.1 Å². The van der Waals surface area contributed by atoms with Gasteiger partial charge in [-0.15, -0.1) is 0 Å². The van der Waals surface area contributed by atoms with E-state index in [1.807, 2.05) is 36.1 Å². The fourth-order valence-electron chi connectivity index (χ4n) is 4.31. The number of benzene rings is 2. The quantitative estimate of drug-likeness (QED) is 0.630. The Labute approximate surface area is 181 Å². The lowest BCUT2D eigenvalue weighted by atomic mass is 9.68. The standard InChI is InChI=1S/C25H23FN4O/c1-18-15-30(13-11-25(18,16-27)14-19-6-8-20(26)9-7-19)24(31)22-5-3-2-4-21(22)23-10-12-28-17-29-23/h2-10,12,17-18H,11,13-15H2,1H3/t18-,25+/m0/s1. The van der Waals surface area contributed by atoms with Crippen LogP contribution in [0.3, 0.4) is 0 Å². The first-order valence-corrected chi connectivity index (χ1v) is 10.3. The molecule has 1 aromatic heterocycles. The normalized spacial score (nSPS) is 20.8. The third kappa shape index (κ3) is 4.17. The number of aromatic nitrogens is 2. The van der Waals surface area contributed by atoms with Crippen LogP contribution in [0.4, 0.5) is 4.39 Å². The van der Waals surface area contributed by atoms with Crippen molar-refractivity contribution in [2.45, 2.75) is 19.8 Å². The van der Waals surface area contributed by atoms with Crippen molar-refractivity contribution in [2.75, 3.05) is 13.1 Å². The van der Waals surface area contributed by atoms with Gasteiger partial charge in [-0.05, 0) is 48.6 Å². The Morgan fingerprint density at radius 3 is 2.68 bits per heavy atom. The van der Waals surface area contributed by atoms with Crippen molar-refractivity contribution < 1.29 is 9.18 Å². The highest BCUT2D eigenvalue weighted by molar-refractivity contribution is 6.00. The number of hydrogen-bond donors (Lipinski definition) is 0. The van der Waals surface area contributed by atoms with E-state index < -0.39 is 5.41 Å². The minimum Gasteiger partial charge on any atom is -0.338 e. The van der Waals surface area contributed by atoms with Gasteiger partial charge in [-0.25, -0.2) is 14.4 Å². The monoisotopic (exact) mass is 414 g/mol. The smallest absolute Gasteiger partial charge is 0.254 e. The molecule has 0 unspecified atom stereocenters. The van der Waals surface area contributed by atoms with Gasteiger partial charge in [0.1, 0.15) is 12.1 Å². The van der Waals surface area contributed by atoms with Crippen LogP contribution in [0.1, 0.15) is 29.3 Å². The lowest BCUT2D eigenvalue weighted by molar-refractivity contribution is 0.0508. The molecule has 1 fully saturated rings. The molecule has 0 spiro atoms. The molecule has 0 N–H and O–H groups in total. The number of amides is 1. The molecule has 5 nitrogen and oxygen atoms in total. The summed E-state index contributed by atoms with van der Waals surface area (Å²) >= 11 is 0. The van der Waals surface area contributed by atoms with Crippen LogP contribution in [-0.2, 0) is 6.42 Å². The van der Waals surface area contributed by atoms with E-state index in [9.17, 15) is 14.4 Å². The second-order valence-corrected chi connectivity index (χ2v) is 8.11. The van der Waals surface area contributed by atoms with Gasteiger partial charge in [-0.2, -0.15) is 5.26 Å². The Morgan fingerprint density at radius 1 is 1.23 bits per heavy atom. The van der Waals surface area contributed by atoms with Crippen LogP contribution in [0.5, 0.6) is 0 Å². The summed E-state index contributed by atoms with van der Waals surface area (Å²) in [6.07, 6.45) is 4.24. The number of hydrogen-bond acceptors (Lipinski definition) is 4. The van der Waals surface area contributed by atoms with E-state index in [-0.39, 0.29) is 17.6 Å². The summed E-state index contributed by atoms with van der Waals surface area (Å²) in [5.41, 5.74) is 2.42. The second-order valence-electron chi connectivity index (χ2n) is 8.11. The summed E-state index contributed by atoms with van der Waals surface area (Å²) in [6.45, 7) is 3.00. The van der Waals surface area contributed by atoms with Crippen molar-refractivity contribution in [1.29, 1.82) is 5.26 Å². The van der Waals surface area contributed by atoms with Gasteiger partial charge in [-0.3, -0.25) is 4.79 Å². The summed E-state index contributed by atoms with van der Waals surface area (Å²) in [6, 6.07) is 18.1. The molecule has 31 heavy (non-hydrogen) atoms. The van der Waals surface area contributed by atoms with Crippen molar-refractivity contribution in [3.8, 4) is 17.3 Å². The maximum Gasteiger partial charge on any atom is 0.254 e. The van der Waals surface area contributed by atoms with E-state index in [4.69, 9.17) is 0 Å². The first kappa shape index (κ1) is 20.7. The van der Waals surface area contributed by atoms with Gasteiger partial charge < -0.3 is 4.90 Å². The van der Waals surface area contributed by atoms with E-state index in [1.54, 1.807) is 24.4 Å². The summed E-state index contributed by atoms with van der Waals surface area (Å²) in [5.74, 6) is -0.369. The third-order valence-corrected chi connectivity index (χ3v) is 6.22. The molecule has 2 aromatic carbocycles. The van der Waals surface area contributed by atoms with Crippen molar-refractivity contribution in [3.05, 3.63) is 84.1 Å². The molecule has 1 amide bonds. The Kier molecular flexibility index (Phi) is 5.77. The highest BCUT2D eigenvalue weighted by Gasteiger charge is 2.42. The Hall–Kier alpha value is -3.59. The zero-order valence-electron chi connectivity index (χ0n) is 17.3. The molecule has 1 saturated heterocycles. The maximum atomic E-state index is 13.4. The lowest BCUT2D eigenvalue weighted by Crippen LogP contribution is -2.49. The number of likely N-dealkylation sites (tertiary alicyclic amines) is 1. The SMILES string of the molecule is C[C@H]1CN(C(=O)c2ccccc2-c2ccncn2)CC[C@]1(C#N)Cc1ccc(F)cc1. The molecule has 1 aliphatic rings. The van der Waals surface area contributed by atoms with Gasteiger partial charge in [-0.1, -0.05) is 37.3 Å². The number of nitriles is 1. The van der Waals surface area contributed by atoms with Crippen LogP contribution in [0.15, 0.2) is 67.1 Å². The fraction of sp³-hybridized carbons (Fsp3) is 0.280. The molecular formula is C25H23FN4O. The van der Waals surface area contributed by atoms with E-state index in [1.165, 1.54) is 18.5 Å². The van der Waals surface area contributed by atoms with Crippen molar-refractivity contribution in [3.63, 3.8) is 0 Å². The number of piperidine rings is 1. The zero-order valence-corrected chi connectivity index (χ0v) is 17.3. The predicted molar refractivity (Wildman–Crippen MR) is 115 cm³/mol. The molecule has 2 heterocycles. The van der Waals surface area contributed by atoms with Crippen molar-refractivity contribution in [1.82, 2.24) is 14.9 Å². The highest BCUT2D eigenvalue weighted by atomic mass is 19.1.